The fourth-order valence-electron chi connectivity index (χ4n) is 2.39. The lowest BCUT2D eigenvalue weighted by Crippen LogP contribution is -2.48. The molecular formula is C12H17BrN2O4. The molecule has 0 aliphatic carbocycles. The maximum absolute atomic E-state index is 12.3. The van der Waals surface area contributed by atoms with E-state index in [2.05, 4.69) is 15.9 Å². The number of carboxylic acids is 1. The molecule has 19 heavy (non-hydrogen) atoms. The molecule has 0 spiro atoms. The molecule has 6 nitrogen and oxygen atoms in total. The van der Waals surface area contributed by atoms with Crippen LogP contribution in [0.5, 0.6) is 0 Å². The number of likely N-dealkylation sites (tertiary alicyclic amines) is 1. The lowest BCUT2D eigenvalue weighted by atomic mass is 10.0. The molecule has 7 heteroatoms. The van der Waals surface area contributed by atoms with Crippen LogP contribution in [0.1, 0.15) is 12.8 Å². The van der Waals surface area contributed by atoms with Crippen LogP contribution in [0, 0.1) is 0 Å². The highest BCUT2D eigenvalue weighted by Gasteiger charge is 2.47. The first-order chi connectivity index (χ1) is 8.98. The molecule has 0 aromatic carbocycles. The Kier molecular flexibility index (Phi) is 4.15. The van der Waals surface area contributed by atoms with E-state index in [0.717, 1.165) is 10.9 Å². The van der Waals surface area contributed by atoms with Gasteiger partial charge in [0.15, 0.2) is 5.60 Å². The zero-order chi connectivity index (χ0) is 14.0. The second-order valence-corrected chi connectivity index (χ2v) is 5.82. The van der Waals surface area contributed by atoms with E-state index in [1.165, 1.54) is 7.11 Å². The van der Waals surface area contributed by atoms with E-state index >= 15 is 0 Å². The third-order valence-corrected chi connectivity index (χ3v) is 4.43. The Labute approximate surface area is 120 Å². The number of hydrogen-bond donors (Lipinski definition) is 1. The number of urea groups is 1. The fourth-order valence-corrected chi connectivity index (χ4v) is 2.71. The Morgan fingerprint density at radius 3 is 2.63 bits per heavy atom. The van der Waals surface area contributed by atoms with Gasteiger partial charge in [0.05, 0.1) is 6.54 Å². The Morgan fingerprint density at radius 2 is 2.16 bits per heavy atom. The van der Waals surface area contributed by atoms with Crippen molar-refractivity contribution in [3.63, 3.8) is 0 Å². The molecule has 0 saturated carbocycles. The van der Waals surface area contributed by atoms with E-state index in [1.807, 2.05) is 6.08 Å². The summed E-state index contributed by atoms with van der Waals surface area (Å²) in [5, 5.41) is 9.22. The molecule has 1 atom stereocenters. The first-order valence-electron chi connectivity index (χ1n) is 6.15. The van der Waals surface area contributed by atoms with Crippen LogP contribution in [0.2, 0.25) is 0 Å². The van der Waals surface area contributed by atoms with Gasteiger partial charge in [-0.2, -0.15) is 0 Å². The largest absolute Gasteiger partial charge is 0.479 e. The monoisotopic (exact) mass is 332 g/mol. The first-order valence-corrected chi connectivity index (χ1v) is 6.95. The predicted octanol–water partition coefficient (Wildman–Crippen LogP) is 1.27. The van der Waals surface area contributed by atoms with Gasteiger partial charge in [0.2, 0.25) is 0 Å². The van der Waals surface area contributed by atoms with E-state index in [-0.39, 0.29) is 12.6 Å². The maximum Gasteiger partial charge on any atom is 0.337 e. The van der Waals surface area contributed by atoms with Gasteiger partial charge in [-0.15, -0.1) is 0 Å². The smallest absolute Gasteiger partial charge is 0.337 e. The second-order valence-electron chi connectivity index (χ2n) is 4.80. The van der Waals surface area contributed by atoms with E-state index in [0.29, 0.717) is 26.1 Å². The molecular weight excluding hydrogens is 316 g/mol. The molecule has 1 N–H and O–H groups in total. The van der Waals surface area contributed by atoms with E-state index in [1.54, 1.807) is 9.80 Å². The maximum atomic E-state index is 12.3. The van der Waals surface area contributed by atoms with Crippen LogP contribution >= 0.6 is 15.9 Å². The summed E-state index contributed by atoms with van der Waals surface area (Å²) >= 11 is 3.41. The summed E-state index contributed by atoms with van der Waals surface area (Å²) in [6, 6.07) is -0.114. The summed E-state index contributed by atoms with van der Waals surface area (Å²) in [6.07, 6.45) is 3.09. The van der Waals surface area contributed by atoms with Crippen LogP contribution in [0.15, 0.2) is 10.6 Å². The standard InChI is InChI=1S/C12H17BrN2O4/c1-19-12(10(16)17)4-7-15(8-12)11(18)14-5-2-9(13)3-6-14/h2H,3-8H2,1H3,(H,16,17). The van der Waals surface area contributed by atoms with Crippen molar-refractivity contribution in [1.29, 1.82) is 0 Å². The predicted molar refractivity (Wildman–Crippen MR) is 72.2 cm³/mol. The van der Waals surface area contributed by atoms with Gasteiger partial charge in [-0.05, 0) is 10.9 Å². The van der Waals surface area contributed by atoms with Crippen LogP contribution in [-0.4, -0.2) is 65.8 Å². The number of nitrogens with zero attached hydrogens (tertiary/aromatic N) is 2. The Balaban J connectivity index is 2.01. The summed E-state index contributed by atoms with van der Waals surface area (Å²) in [4.78, 5) is 26.8. The second kappa shape index (κ2) is 5.50. The first kappa shape index (κ1) is 14.3. The Morgan fingerprint density at radius 1 is 1.42 bits per heavy atom. The van der Waals surface area contributed by atoms with Gasteiger partial charge in [-0.1, -0.05) is 22.0 Å². The average molecular weight is 333 g/mol. The summed E-state index contributed by atoms with van der Waals surface area (Å²) in [6.45, 7) is 1.74. The van der Waals surface area contributed by atoms with Crippen molar-refractivity contribution in [2.24, 2.45) is 0 Å². The molecule has 0 radical (unpaired) electrons. The fraction of sp³-hybridized carbons (Fsp3) is 0.667. The lowest BCUT2D eigenvalue weighted by Gasteiger charge is -2.30. The summed E-state index contributed by atoms with van der Waals surface area (Å²) < 4.78 is 6.22. The van der Waals surface area contributed by atoms with Gasteiger partial charge in [0, 0.05) is 33.2 Å². The lowest BCUT2D eigenvalue weighted by molar-refractivity contribution is -0.160. The van der Waals surface area contributed by atoms with Gasteiger partial charge in [0.25, 0.3) is 0 Å². The molecule has 106 valence electrons. The molecule has 2 heterocycles. The van der Waals surface area contributed by atoms with E-state index in [9.17, 15) is 14.7 Å². The van der Waals surface area contributed by atoms with Crippen molar-refractivity contribution in [3.8, 4) is 0 Å². The molecule has 0 aromatic rings. The van der Waals surface area contributed by atoms with E-state index < -0.39 is 11.6 Å². The number of aliphatic carboxylic acids is 1. The summed E-state index contributed by atoms with van der Waals surface area (Å²) in [5.41, 5.74) is -1.25. The molecule has 0 aromatic heterocycles. The highest BCUT2D eigenvalue weighted by atomic mass is 79.9. The molecule has 0 bridgehead atoms. The Hall–Kier alpha value is -1.08. The van der Waals surface area contributed by atoms with Crippen LogP contribution < -0.4 is 0 Å². The van der Waals surface area contributed by atoms with Crippen LogP contribution in [0.3, 0.4) is 0 Å². The quantitative estimate of drug-likeness (QED) is 0.826. The number of rotatable bonds is 2. The van der Waals surface area contributed by atoms with Gasteiger partial charge < -0.3 is 19.6 Å². The van der Waals surface area contributed by atoms with Crippen molar-refractivity contribution < 1.29 is 19.4 Å². The zero-order valence-corrected chi connectivity index (χ0v) is 12.4. The van der Waals surface area contributed by atoms with Gasteiger partial charge in [-0.3, -0.25) is 0 Å². The van der Waals surface area contributed by atoms with Crippen LogP contribution in [0.4, 0.5) is 4.79 Å². The number of carbonyl (C=O) groups excluding carboxylic acids is 1. The highest BCUT2D eigenvalue weighted by Crippen LogP contribution is 2.27. The minimum Gasteiger partial charge on any atom is -0.479 e. The summed E-state index contributed by atoms with van der Waals surface area (Å²) in [5.74, 6) is -1.01. The number of carbonyl (C=O) groups is 2. The normalized spacial score (nSPS) is 27.4. The van der Waals surface area contributed by atoms with Crippen LogP contribution in [0.25, 0.3) is 0 Å². The molecule has 1 saturated heterocycles. The number of carboxylic acid groups (broad SMARTS) is 1. The zero-order valence-electron chi connectivity index (χ0n) is 10.8. The van der Waals surface area contributed by atoms with Gasteiger partial charge >= 0.3 is 12.0 Å². The number of halogens is 1. The average Bonchev–Trinajstić information content (AvgIpc) is 2.84. The van der Waals surface area contributed by atoms with Gasteiger partial charge in [0.1, 0.15) is 0 Å². The van der Waals surface area contributed by atoms with Crippen molar-refractivity contribution in [2.45, 2.75) is 18.4 Å². The SMILES string of the molecule is COC1(C(=O)O)CCN(C(=O)N2CC=C(Br)CC2)C1. The number of methoxy groups -OCH3 is 1. The highest BCUT2D eigenvalue weighted by molar-refractivity contribution is 9.11. The third-order valence-electron chi connectivity index (χ3n) is 3.71. The Bertz CT molecular complexity index is 426. The molecule has 1 fully saturated rings. The van der Waals surface area contributed by atoms with Crippen molar-refractivity contribution >= 4 is 27.9 Å². The topological polar surface area (TPSA) is 70.1 Å². The third kappa shape index (κ3) is 2.76. The minimum absolute atomic E-state index is 0.110. The molecule has 1 unspecified atom stereocenters. The van der Waals surface area contributed by atoms with E-state index in [4.69, 9.17) is 4.74 Å². The van der Waals surface area contributed by atoms with Crippen molar-refractivity contribution in [2.75, 3.05) is 33.3 Å². The molecule has 2 rings (SSSR count). The number of hydrogen-bond acceptors (Lipinski definition) is 3. The van der Waals surface area contributed by atoms with Crippen molar-refractivity contribution in [3.05, 3.63) is 10.6 Å². The van der Waals surface area contributed by atoms with Crippen molar-refractivity contribution in [1.82, 2.24) is 9.80 Å². The number of ether oxygens (including phenoxy) is 1. The molecule has 2 aliphatic heterocycles. The summed E-state index contributed by atoms with van der Waals surface area (Å²) in [7, 11) is 1.38. The van der Waals surface area contributed by atoms with Crippen LogP contribution in [-0.2, 0) is 9.53 Å². The van der Waals surface area contributed by atoms with Gasteiger partial charge in [-0.25, -0.2) is 9.59 Å². The molecule has 2 amide bonds. The molecule has 2 aliphatic rings. The number of amides is 2. The minimum atomic E-state index is -1.25.